The maximum Gasteiger partial charge on any atom is 0.238 e. The van der Waals surface area contributed by atoms with Gasteiger partial charge in [0.1, 0.15) is 11.1 Å². The fraction of sp³-hybridized carbons (Fsp3) is 0.417. The molecule has 0 aliphatic carbocycles. The van der Waals surface area contributed by atoms with Crippen LogP contribution in [0.15, 0.2) is 24.3 Å². The zero-order valence-electron chi connectivity index (χ0n) is 9.07. The van der Waals surface area contributed by atoms with E-state index in [1.54, 1.807) is 6.92 Å². The van der Waals surface area contributed by atoms with Crippen molar-refractivity contribution in [1.29, 1.82) is 0 Å². The predicted octanol–water partition coefficient (Wildman–Crippen LogP) is 2.25. The third-order valence-electron chi connectivity index (χ3n) is 2.64. The molecule has 2 atom stereocenters. The molecular formula is C12H14ClNO2. The van der Waals surface area contributed by atoms with Crippen molar-refractivity contribution in [3.05, 3.63) is 29.8 Å². The van der Waals surface area contributed by atoms with Crippen molar-refractivity contribution in [2.45, 2.75) is 24.8 Å². The minimum atomic E-state index is -0.505. The molecule has 0 spiro atoms. The van der Waals surface area contributed by atoms with Crippen molar-refractivity contribution in [2.75, 3.05) is 6.61 Å². The van der Waals surface area contributed by atoms with Crippen molar-refractivity contribution in [2.24, 2.45) is 0 Å². The van der Waals surface area contributed by atoms with E-state index in [9.17, 15) is 4.79 Å². The third kappa shape index (κ3) is 2.30. The molecule has 1 amide bonds. The highest BCUT2D eigenvalue weighted by atomic mass is 35.5. The summed E-state index contributed by atoms with van der Waals surface area (Å²) in [6.45, 7) is 2.29. The molecule has 0 saturated carbocycles. The van der Waals surface area contributed by atoms with Crippen molar-refractivity contribution >= 4 is 17.5 Å². The molecule has 16 heavy (non-hydrogen) atoms. The van der Waals surface area contributed by atoms with Crippen molar-refractivity contribution in [3.63, 3.8) is 0 Å². The molecular weight excluding hydrogens is 226 g/mol. The average Bonchev–Trinajstić information content (AvgIpc) is 2.29. The molecule has 86 valence electrons. The number of ether oxygens (including phenoxy) is 1. The molecule has 1 aliphatic heterocycles. The molecule has 4 heteroatoms. The molecule has 0 radical (unpaired) electrons. The van der Waals surface area contributed by atoms with E-state index in [0.29, 0.717) is 6.61 Å². The smallest absolute Gasteiger partial charge is 0.238 e. The minimum absolute atomic E-state index is 0.0126. The number of halogens is 1. The fourth-order valence-electron chi connectivity index (χ4n) is 1.78. The van der Waals surface area contributed by atoms with Gasteiger partial charge in [-0.2, -0.15) is 0 Å². The first-order valence-corrected chi connectivity index (χ1v) is 5.78. The van der Waals surface area contributed by atoms with E-state index in [0.717, 1.165) is 17.7 Å². The molecule has 0 unspecified atom stereocenters. The van der Waals surface area contributed by atoms with Gasteiger partial charge in [0.15, 0.2) is 0 Å². The number of hydrogen-bond donors (Lipinski definition) is 1. The van der Waals surface area contributed by atoms with Gasteiger partial charge in [-0.1, -0.05) is 18.2 Å². The Morgan fingerprint density at radius 3 is 3.06 bits per heavy atom. The Morgan fingerprint density at radius 1 is 1.56 bits per heavy atom. The highest BCUT2D eigenvalue weighted by molar-refractivity contribution is 6.30. The second kappa shape index (κ2) is 4.74. The topological polar surface area (TPSA) is 38.3 Å². The molecule has 1 aromatic carbocycles. The third-order valence-corrected chi connectivity index (χ3v) is 2.83. The van der Waals surface area contributed by atoms with Gasteiger partial charge in [0.25, 0.3) is 0 Å². The van der Waals surface area contributed by atoms with Crippen LogP contribution in [-0.2, 0) is 4.79 Å². The summed E-state index contributed by atoms with van der Waals surface area (Å²) in [4.78, 5) is 11.5. The fourth-order valence-corrected chi connectivity index (χ4v) is 1.84. The summed E-state index contributed by atoms with van der Waals surface area (Å²) in [7, 11) is 0. The summed E-state index contributed by atoms with van der Waals surface area (Å²) in [6, 6.07) is 7.76. The lowest BCUT2D eigenvalue weighted by Crippen LogP contribution is -2.35. The van der Waals surface area contributed by atoms with Crippen molar-refractivity contribution < 1.29 is 9.53 Å². The first-order valence-electron chi connectivity index (χ1n) is 5.34. The Hall–Kier alpha value is -1.22. The van der Waals surface area contributed by atoms with Crippen LogP contribution in [-0.4, -0.2) is 17.9 Å². The van der Waals surface area contributed by atoms with Gasteiger partial charge in [-0.3, -0.25) is 4.79 Å². The number of para-hydroxylation sites is 1. The van der Waals surface area contributed by atoms with Crippen LogP contribution in [0.1, 0.15) is 24.9 Å². The van der Waals surface area contributed by atoms with Crippen LogP contribution < -0.4 is 10.1 Å². The van der Waals surface area contributed by atoms with Gasteiger partial charge < -0.3 is 10.1 Å². The van der Waals surface area contributed by atoms with Gasteiger partial charge in [-0.05, 0) is 13.0 Å². The van der Waals surface area contributed by atoms with Crippen molar-refractivity contribution in [3.8, 4) is 5.75 Å². The minimum Gasteiger partial charge on any atom is -0.493 e. The quantitative estimate of drug-likeness (QED) is 0.804. The molecule has 2 rings (SSSR count). The number of carbonyl (C=O) groups excluding carboxylic acids is 1. The van der Waals surface area contributed by atoms with Crippen LogP contribution in [0.5, 0.6) is 5.75 Å². The van der Waals surface area contributed by atoms with Crippen LogP contribution in [0.3, 0.4) is 0 Å². The molecule has 1 aliphatic rings. The first kappa shape index (κ1) is 11.3. The molecule has 0 saturated heterocycles. The number of alkyl halides is 1. The van der Waals surface area contributed by atoms with Crippen LogP contribution in [0.25, 0.3) is 0 Å². The second-order valence-corrected chi connectivity index (χ2v) is 4.51. The largest absolute Gasteiger partial charge is 0.493 e. The number of nitrogens with one attached hydrogen (secondary N) is 1. The van der Waals surface area contributed by atoms with Gasteiger partial charge in [0, 0.05) is 12.0 Å². The zero-order valence-corrected chi connectivity index (χ0v) is 9.83. The second-order valence-electron chi connectivity index (χ2n) is 3.85. The van der Waals surface area contributed by atoms with E-state index < -0.39 is 5.38 Å². The highest BCUT2D eigenvalue weighted by Gasteiger charge is 2.23. The molecule has 1 aromatic rings. The Labute approximate surface area is 99.7 Å². The normalized spacial score (nSPS) is 20.5. The lowest BCUT2D eigenvalue weighted by Gasteiger charge is -2.26. The Bertz CT molecular complexity index is 392. The Balaban J connectivity index is 2.16. The lowest BCUT2D eigenvalue weighted by molar-refractivity contribution is -0.121. The van der Waals surface area contributed by atoms with E-state index in [1.165, 1.54) is 0 Å². The summed E-state index contributed by atoms with van der Waals surface area (Å²) >= 11 is 5.73. The number of rotatable bonds is 2. The molecule has 1 heterocycles. The maximum absolute atomic E-state index is 11.5. The number of hydrogen-bond acceptors (Lipinski definition) is 2. The van der Waals surface area contributed by atoms with Gasteiger partial charge in [-0.25, -0.2) is 0 Å². The van der Waals surface area contributed by atoms with Gasteiger partial charge in [0.05, 0.1) is 12.6 Å². The van der Waals surface area contributed by atoms with Gasteiger partial charge >= 0.3 is 0 Å². The van der Waals surface area contributed by atoms with E-state index in [1.807, 2.05) is 24.3 Å². The summed E-state index contributed by atoms with van der Waals surface area (Å²) in [5.74, 6) is 0.713. The summed E-state index contributed by atoms with van der Waals surface area (Å²) in [5.41, 5.74) is 1.03. The number of carbonyl (C=O) groups is 1. The standard InChI is InChI=1S/C12H14ClNO2/c1-8(13)12(15)14-10-6-7-16-11-5-3-2-4-9(10)11/h2-5,8,10H,6-7H2,1H3,(H,14,15)/t8-,10+/m1/s1. The number of fused-ring (bicyclic) bond motifs is 1. The SMILES string of the molecule is C[C@@H](Cl)C(=O)N[C@H]1CCOc2ccccc21. The van der Waals surface area contributed by atoms with Crippen molar-refractivity contribution in [1.82, 2.24) is 5.32 Å². The summed E-state index contributed by atoms with van der Waals surface area (Å²) in [6.07, 6.45) is 0.784. The molecule has 3 nitrogen and oxygen atoms in total. The van der Waals surface area contributed by atoms with Gasteiger partial charge in [0.2, 0.25) is 5.91 Å². The van der Waals surface area contributed by atoms with E-state index in [4.69, 9.17) is 16.3 Å². The average molecular weight is 240 g/mol. The summed E-state index contributed by atoms with van der Waals surface area (Å²) in [5, 5.41) is 2.42. The van der Waals surface area contributed by atoms with Crippen LogP contribution in [0, 0.1) is 0 Å². The first-order chi connectivity index (χ1) is 7.68. The molecule has 0 bridgehead atoms. The highest BCUT2D eigenvalue weighted by Crippen LogP contribution is 2.31. The zero-order chi connectivity index (χ0) is 11.5. The van der Waals surface area contributed by atoms with Gasteiger partial charge in [-0.15, -0.1) is 11.6 Å². The molecule has 0 fully saturated rings. The Kier molecular flexibility index (Phi) is 3.34. The Morgan fingerprint density at radius 2 is 2.31 bits per heavy atom. The van der Waals surface area contributed by atoms with E-state index in [2.05, 4.69) is 5.32 Å². The summed E-state index contributed by atoms with van der Waals surface area (Å²) < 4.78 is 5.51. The molecule has 1 N–H and O–H groups in total. The van der Waals surface area contributed by atoms with Crippen LogP contribution in [0.4, 0.5) is 0 Å². The number of amides is 1. The maximum atomic E-state index is 11.5. The lowest BCUT2D eigenvalue weighted by atomic mass is 10.0. The monoisotopic (exact) mass is 239 g/mol. The van der Waals surface area contributed by atoms with E-state index in [-0.39, 0.29) is 11.9 Å². The number of benzene rings is 1. The van der Waals surface area contributed by atoms with Crippen LogP contribution >= 0.6 is 11.6 Å². The molecule has 0 aromatic heterocycles. The van der Waals surface area contributed by atoms with Crippen LogP contribution in [0.2, 0.25) is 0 Å². The predicted molar refractivity (Wildman–Crippen MR) is 62.8 cm³/mol. The van der Waals surface area contributed by atoms with E-state index >= 15 is 0 Å².